The summed E-state index contributed by atoms with van der Waals surface area (Å²) >= 11 is 0. The number of fused-ring (bicyclic) bond motifs is 2. The Kier molecular flexibility index (Phi) is 5.61. The second-order valence-corrected chi connectivity index (χ2v) is 7.78. The second-order valence-electron chi connectivity index (χ2n) is 7.78. The summed E-state index contributed by atoms with van der Waals surface area (Å²) in [4.78, 5) is 25.0. The molecule has 1 unspecified atom stereocenters. The lowest BCUT2D eigenvalue weighted by Crippen LogP contribution is -2.26. The molecular weight excluding hydrogens is 362 g/mol. The first kappa shape index (κ1) is 19.2. The molecule has 4 rings (SSSR count). The van der Waals surface area contributed by atoms with Crippen LogP contribution in [0.15, 0.2) is 60.7 Å². The SMILES string of the molecule is O=C(NCCCC(=O)C1CCc2cc(O)ccc2C1)c1ccc2ccccc2c1. The smallest absolute Gasteiger partial charge is 0.251 e. The summed E-state index contributed by atoms with van der Waals surface area (Å²) in [6, 6.07) is 19.1. The first-order valence-electron chi connectivity index (χ1n) is 10.2. The van der Waals surface area contributed by atoms with Gasteiger partial charge in [0.1, 0.15) is 11.5 Å². The van der Waals surface area contributed by atoms with Gasteiger partial charge in [0.15, 0.2) is 0 Å². The third kappa shape index (κ3) is 4.48. The summed E-state index contributed by atoms with van der Waals surface area (Å²) in [5, 5.41) is 14.7. The fourth-order valence-electron chi connectivity index (χ4n) is 4.12. The van der Waals surface area contributed by atoms with Crippen molar-refractivity contribution in [1.29, 1.82) is 0 Å². The standard InChI is InChI=1S/C25H25NO3/c27-23-12-11-19-14-21(9-8-20(19)16-23)24(28)6-3-13-26-25(29)22-10-7-17-4-1-2-5-18(17)15-22/h1-2,4-5,7,10-12,15-16,21,27H,3,6,8-9,13-14H2,(H,26,29). The predicted octanol–water partition coefficient (Wildman–Crippen LogP) is 4.43. The molecule has 0 radical (unpaired) electrons. The number of ketones is 1. The van der Waals surface area contributed by atoms with Crippen LogP contribution in [0.5, 0.6) is 5.75 Å². The lowest BCUT2D eigenvalue weighted by molar-refractivity contribution is -0.123. The number of aryl methyl sites for hydroxylation is 1. The number of benzene rings is 3. The zero-order valence-electron chi connectivity index (χ0n) is 16.4. The molecule has 0 aliphatic heterocycles. The van der Waals surface area contributed by atoms with E-state index in [1.54, 1.807) is 12.1 Å². The van der Waals surface area contributed by atoms with E-state index in [1.807, 2.05) is 48.5 Å². The number of carbonyl (C=O) groups is 2. The minimum absolute atomic E-state index is 0.0447. The highest BCUT2D eigenvalue weighted by atomic mass is 16.3. The lowest BCUT2D eigenvalue weighted by atomic mass is 9.80. The molecule has 0 saturated heterocycles. The number of nitrogens with one attached hydrogen (secondary N) is 1. The van der Waals surface area contributed by atoms with E-state index in [1.165, 1.54) is 0 Å². The van der Waals surface area contributed by atoms with E-state index in [4.69, 9.17) is 0 Å². The Morgan fingerprint density at radius 3 is 2.66 bits per heavy atom. The predicted molar refractivity (Wildman–Crippen MR) is 114 cm³/mol. The van der Waals surface area contributed by atoms with E-state index in [2.05, 4.69) is 5.32 Å². The van der Waals surface area contributed by atoms with Crippen molar-refractivity contribution in [3.63, 3.8) is 0 Å². The minimum Gasteiger partial charge on any atom is -0.508 e. The van der Waals surface area contributed by atoms with Crippen molar-refractivity contribution in [2.75, 3.05) is 6.54 Å². The van der Waals surface area contributed by atoms with Gasteiger partial charge in [-0.1, -0.05) is 36.4 Å². The Balaban J connectivity index is 1.25. The van der Waals surface area contributed by atoms with Crippen LogP contribution in [0.3, 0.4) is 0 Å². The topological polar surface area (TPSA) is 66.4 Å². The van der Waals surface area contributed by atoms with Crippen molar-refractivity contribution in [3.8, 4) is 5.75 Å². The molecule has 29 heavy (non-hydrogen) atoms. The van der Waals surface area contributed by atoms with Gasteiger partial charge in [0.25, 0.3) is 5.91 Å². The van der Waals surface area contributed by atoms with Gasteiger partial charge in [-0.25, -0.2) is 0 Å². The normalized spacial score (nSPS) is 15.7. The summed E-state index contributed by atoms with van der Waals surface area (Å²) in [6.07, 6.45) is 3.54. The third-order valence-corrected chi connectivity index (χ3v) is 5.77. The summed E-state index contributed by atoms with van der Waals surface area (Å²) < 4.78 is 0. The molecule has 3 aromatic carbocycles. The van der Waals surface area contributed by atoms with Gasteiger partial charge in [0.2, 0.25) is 0 Å². The first-order chi connectivity index (χ1) is 14.1. The number of Topliss-reactive ketones (excluding diaryl/α,β-unsaturated/α-hetero) is 1. The van der Waals surface area contributed by atoms with Crippen LogP contribution in [0, 0.1) is 5.92 Å². The van der Waals surface area contributed by atoms with Crippen molar-refractivity contribution in [1.82, 2.24) is 5.32 Å². The van der Waals surface area contributed by atoms with Gasteiger partial charge in [0, 0.05) is 24.4 Å². The fourth-order valence-corrected chi connectivity index (χ4v) is 4.12. The van der Waals surface area contributed by atoms with Crippen LogP contribution in [-0.4, -0.2) is 23.3 Å². The molecule has 1 aliphatic rings. The Bertz CT molecular complexity index is 1060. The Morgan fingerprint density at radius 1 is 0.966 bits per heavy atom. The molecule has 1 atom stereocenters. The molecule has 4 nitrogen and oxygen atoms in total. The Labute approximate surface area is 170 Å². The van der Waals surface area contributed by atoms with Crippen LogP contribution in [0.25, 0.3) is 10.8 Å². The quantitative estimate of drug-likeness (QED) is 0.615. The highest BCUT2D eigenvalue weighted by Gasteiger charge is 2.24. The molecule has 3 aromatic rings. The van der Waals surface area contributed by atoms with Crippen molar-refractivity contribution in [2.45, 2.75) is 32.1 Å². The molecule has 0 fully saturated rings. The van der Waals surface area contributed by atoms with E-state index in [0.29, 0.717) is 24.9 Å². The van der Waals surface area contributed by atoms with Gasteiger partial charge in [0.05, 0.1) is 0 Å². The monoisotopic (exact) mass is 387 g/mol. The van der Waals surface area contributed by atoms with Crippen LogP contribution in [0.4, 0.5) is 0 Å². The molecule has 4 heteroatoms. The number of rotatable bonds is 6. The number of hydrogen-bond donors (Lipinski definition) is 2. The number of carbonyl (C=O) groups excluding carboxylic acids is 2. The number of aromatic hydroxyl groups is 1. The summed E-state index contributed by atoms with van der Waals surface area (Å²) in [5.41, 5.74) is 2.95. The largest absolute Gasteiger partial charge is 0.508 e. The summed E-state index contributed by atoms with van der Waals surface area (Å²) in [7, 11) is 0. The van der Waals surface area contributed by atoms with Gasteiger partial charge in [-0.15, -0.1) is 0 Å². The minimum atomic E-state index is -0.102. The number of phenolic OH excluding ortho intramolecular Hbond substituents is 1. The van der Waals surface area contributed by atoms with Crippen LogP contribution in [0.2, 0.25) is 0 Å². The van der Waals surface area contributed by atoms with Crippen molar-refractivity contribution < 1.29 is 14.7 Å². The highest BCUT2D eigenvalue weighted by molar-refractivity contribution is 5.98. The van der Waals surface area contributed by atoms with Gasteiger partial charge in [-0.2, -0.15) is 0 Å². The molecular formula is C25H25NO3. The number of hydrogen-bond acceptors (Lipinski definition) is 3. The maximum Gasteiger partial charge on any atom is 0.251 e. The van der Waals surface area contributed by atoms with Gasteiger partial charge < -0.3 is 10.4 Å². The molecule has 0 spiro atoms. The molecule has 1 aliphatic carbocycles. The molecule has 0 heterocycles. The van der Waals surface area contributed by atoms with Crippen molar-refractivity contribution in [2.24, 2.45) is 5.92 Å². The highest BCUT2D eigenvalue weighted by Crippen LogP contribution is 2.29. The molecule has 2 N–H and O–H groups in total. The summed E-state index contributed by atoms with van der Waals surface area (Å²) in [5.74, 6) is 0.497. The zero-order chi connectivity index (χ0) is 20.2. The average molecular weight is 387 g/mol. The van der Waals surface area contributed by atoms with E-state index in [-0.39, 0.29) is 23.4 Å². The van der Waals surface area contributed by atoms with Crippen LogP contribution < -0.4 is 5.32 Å². The maximum absolute atomic E-state index is 12.6. The van der Waals surface area contributed by atoms with Gasteiger partial charge in [-0.05, 0) is 71.8 Å². The molecule has 0 saturated carbocycles. The van der Waals surface area contributed by atoms with Crippen LogP contribution in [-0.2, 0) is 17.6 Å². The van der Waals surface area contributed by atoms with E-state index < -0.39 is 0 Å². The van der Waals surface area contributed by atoms with Crippen LogP contribution >= 0.6 is 0 Å². The van der Waals surface area contributed by atoms with Crippen molar-refractivity contribution in [3.05, 3.63) is 77.4 Å². The molecule has 0 bridgehead atoms. The number of amides is 1. The van der Waals surface area contributed by atoms with Crippen molar-refractivity contribution >= 4 is 22.5 Å². The Hall–Kier alpha value is -3.14. The lowest BCUT2D eigenvalue weighted by Gasteiger charge is -2.23. The zero-order valence-corrected chi connectivity index (χ0v) is 16.4. The van der Waals surface area contributed by atoms with E-state index in [9.17, 15) is 14.7 Å². The number of phenols is 1. The van der Waals surface area contributed by atoms with E-state index in [0.717, 1.165) is 41.2 Å². The van der Waals surface area contributed by atoms with Crippen LogP contribution in [0.1, 0.15) is 40.7 Å². The molecule has 0 aromatic heterocycles. The fraction of sp³-hybridized carbons (Fsp3) is 0.280. The third-order valence-electron chi connectivity index (χ3n) is 5.77. The average Bonchev–Trinajstić information content (AvgIpc) is 2.75. The molecule has 148 valence electrons. The second kappa shape index (κ2) is 8.48. The van der Waals surface area contributed by atoms with Gasteiger partial charge in [-0.3, -0.25) is 9.59 Å². The Morgan fingerprint density at radius 2 is 1.79 bits per heavy atom. The molecule has 1 amide bonds. The summed E-state index contributed by atoms with van der Waals surface area (Å²) in [6.45, 7) is 0.495. The first-order valence-corrected chi connectivity index (χ1v) is 10.2. The van der Waals surface area contributed by atoms with Gasteiger partial charge >= 0.3 is 0 Å². The van der Waals surface area contributed by atoms with E-state index >= 15 is 0 Å². The maximum atomic E-state index is 12.6.